The Hall–Kier alpha value is -1.42. The maximum Gasteiger partial charge on any atom is 0.216 e. The van der Waals surface area contributed by atoms with E-state index in [-0.39, 0.29) is 11.7 Å². The van der Waals surface area contributed by atoms with E-state index in [1.807, 2.05) is 24.3 Å². The van der Waals surface area contributed by atoms with Gasteiger partial charge in [0.25, 0.3) is 0 Å². The molecule has 1 rings (SSSR count). The number of thiophene rings is 1. The first-order valence-corrected chi connectivity index (χ1v) is 5.93. The highest BCUT2D eigenvalue weighted by atomic mass is 32.1. The predicted molar refractivity (Wildman–Crippen MR) is 66.7 cm³/mol. The van der Waals surface area contributed by atoms with E-state index in [4.69, 9.17) is 0 Å². The van der Waals surface area contributed by atoms with Gasteiger partial charge in [-0.15, -0.1) is 11.3 Å². The molecule has 1 N–H and O–H groups in total. The van der Waals surface area contributed by atoms with Crippen molar-refractivity contribution >= 4 is 29.1 Å². The van der Waals surface area contributed by atoms with Gasteiger partial charge in [0, 0.05) is 18.3 Å². The Morgan fingerprint density at radius 2 is 2.12 bits per heavy atom. The minimum absolute atomic E-state index is 0.0108. The smallest absolute Gasteiger partial charge is 0.216 e. The molecule has 0 spiro atoms. The lowest BCUT2D eigenvalue weighted by Gasteiger charge is -1.95. The van der Waals surface area contributed by atoms with Crippen molar-refractivity contribution in [2.24, 2.45) is 0 Å². The molecule has 0 fully saturated rings. The molecule has 16 heavy (non-hydrogen) atoms. The molecule has 0 saturated heterocycles. The minimum atomic E-state index is -0.0108. The number of carbonyl (C=O) groups is 2. The summed E-state index contributed by atoms with van der Waals surface area (Å²) in [5, 5.41) is 2.71. The molecule has 1 heterocycles. The number of Topliss-reactive ketones (excluding diaryl/α,β-unsaturated/α-hetero) is 1. The van der Waals surface area contributed by atoms with E-state index in [1.165, 1.54) is 18.3 Å². The molecular formula is C12H15NO2S. The lowest BCUT2D eigenvalue weighted by Crippen LogP contribution is -2.20. The third-order valence-electron chi connectivity index (χ3n) is 1.94. The van der Waals surface area contributed by atoms with Crippen LogP contribution in [0.5, 0.6) is 0 Å². The highest BCUT2D eigenvalue weighted by molar-refractivity contribution is 7.14. The normalized spacial score (nSPS) is 10.6. The second-order valence-electron chi connectivity index (χ2n) is 3.43. The zero-order valence-electron chi connectivity index (χ0n) is 9.45. The van der Waals surface area contributed by atoms with Gasteiger partial charge in [-0.1, -0.05) is 6.08 Å². The molecular weight excluding hydrogens is 222 g/mol. The molecule has 0 aliphatic rings. The quantitative estimate of drug-likeness (QED) is 0.631. The maximum absolute atomic E-state index is 11.0. The van der Waals surface area contributed by atoms with Gasteiger partial charge >= 0.3 is 0 Å². The summed E-state index contributed by atoms with van der Waals surface area (Å²) in [6.45, 7) is 3.72. The topological polar surface area (TPSA) is 46.2 Å². The van der Waals surface area contributed by atoms with Crippen LogP contribution in [0, 0.1) is 0 Å². The fourth-order valence-corrected chi connectivity index (χ4v) is 2.00. The van der Waals surface area contributed by atoms with Gasteiger partial charge in [0.2, 0.25) is 5.91 Å². The summed E-state index contributed by atoms with van der Waals surface area (Å²) in [7, 11) is 0. The molecule has 4 heteroatoms. The van der Waals surface area contributed by atoms with Gasteiger partial charge in [-0.3, -0.25) is 9.59 Å². The Morgan fingerprint density at radius 1 is 1.38 bits per heavy atom. The van der Waals surface area contributed by atoms with Crippen LogP contribution in [0.4, 0.5) is 0 Å². The average molecular weight is 237 g/mol. The van der Waals surface area contributed by atoms with Gasteiger partial charge in [0.1, 0.15) is 0 Å². The summed E-state index contributed by atoms with van der Waals surface area (Å²) < 4.78 is 0. The van der Waals surface area contributed by atoms with Crippen LogP contribution in [0.15, 0.2) is 18.2 Å². The Kier molecular flexibility index (Phi) is 4.92. The molecule has 0 aliphatic heterocycles. The molecule has 0 aliphatic carbocycles. The zero-order valence-corrected chi connectivity index (χ0v) is 10.3. The molecule has 1 aromatic heterocycles. The van der Waals surface area contributed by atoms with Crippen LogP contribution in [0.2, 0.25) is 0 Å². The molecule has 86 valence electrons. The largest absolute Gasteiger partial charge is 0.356 e. The molecule has 0 saturated carbocycles. The first kappa shape index (κ1) is 12.6. The molecule has 0 unspecified atom stereocenters. The van der Waals surface area contributed by atoms with Crippen LogP contribution in [-0.4, -0.2) is 18.2 Å². The number of hydrogen-bond donors (Lipinski definition) is 1. The summed E-state index contributed by atoms with van der Waals surface area (Å²) in [6, 6.07) is 3.76. The molecule has 0 atom stereocenters. The monoisotopic (exact) mass is 237 g/mol. The van der Waals surface area contributed by atoms with Crippen molar-refractivity contribution in [3.8, 4) is 0 Å². The summed E-state index contributed by atoms with van der Waals surface area (Å²) in [6.07, 6.45) is 4.76. The van der Waals surface area contributed by atoms with E-state index in [2.05, 4.69) is 5.32 Å². The molecule has 0 aromatic carbocycles. The van der Waals surface area contributed by atoms with Gasteiger partial charge in [0.05, 0.1) is 4.88 Å². The fourth-order valence-electron chi connectivity index (χ4n) is 1.16. The number of amides is 1. The molecule has 0 radical (unpaired) electrons. The molecule has 0 bridgehead atoms. The summed E-state index contributed by atoms with van der Waals surface area (Å²) in [4.78, 5) is 23.5. The second-order valence-corrected chi connectivity index (χ2v) is 4.55. The SMILES string of the molecule is CC(=O)NCCC=Cc1ccc(C(C)=O)s1. The summed E-state index contributed by atoms with van der Waals surface area (Å²) >= 11 is 1.48. The molecule has 1 aromatic rings. The average Bonchev–Trinajstić information content (AvgIpc) is 2.65. The van der Waals surface area contributed by atoms with E-state index in [9.17, 15) is 9.59 Å². The van der Waals surface area contributed by atoms with Crippen molar-refractivity contribution in [1.82, 2.24) is 5.32 Å². The van der Waals surface area contributed by atoms with E-state index in [0.29, 0.717) is 6.54 Å². The van der Waals surface area contributed by atoms with E-state index in [1.54, 1.807) is 6.92 Å². The van der Waals surface area contributed by atoms with Crippen LogP contribution < -0.4 is 5.32 Å². The predicted octanol–water partition coefficient (Wildman–Crippen LogP) is 2.49. The fraction of sp³-hybridized carbons (Fsp3) is 0.333. The van der Waals surface area contributed by atoms with Gasteiger partial charge in [-0.2, -0.15) is 0 Å². The lowest BCUT2D eigenvalue weighted by molar-refractivity contribution is -0.118. The van der Waals surface area contributed by atoms with Crippen LogP contribution in [0.3, 0.4) is 0 Å². The third-order valence-corrected chi connectivity index (χ3v) is 3.09. The van der Waals surface area contributed by atoms with Crippen LogP contribution in [0.1, 0.15) is 34.8 Å². The van der Waals surface area contributed by atoms with Crippen molar-refractivity contribution in [2.45, 2.75) is 20.3 Å². The van der Waals surface area contributed by atoms with E-state index < -0.39 is 0 Å². The lowest BCUT2D eigenvalue weighted by atomic mass is 10.3. The highest BCUT2D eigenvalue weighted by Gasteiger charge is 2.01. The van der Waals surface area contributed by atoms with Gasteiger partial charge in [-0.05, 0) is 31.6 Å². The Balaban J connectivity index is 2.38. The molecule has 3 nitrogen and oxygen atoms in total. The Morgan fingerprint density at radius 3 is 2.69 bits per heavy atom. The Labute approximate surface area is 99.2 Å². The Bertz CT molecular complexity index is 407. The van der Waals surface area contributed by atoms with Crippen LogP contribution in [0.25, 0.3) is 6.08 Å². The highest BCUT2D eigenvalue weighted by Crippen LogP contribution is 2.18. The van der Waals surface area contributed by atoms with Crippen LogP contribution >= 0.6 is 11.3 Å². The summed E-state index contributed by atoms with van der Waals surface area (Å²) in [5.41, 5.74) is 0. The third kappa shape index (κ3) is 4.40. The van der Waals surface area contributed by atoms with E-state index in [0.717, 1.165) is 16.2 Å². The van der Waals surface area contributed by atoms with Crippen molar-refractivity contribution in [2.75, 3.05) is 6.54 Å². The number of ketones is 1. The van der Waals surface area contributed by atoms with Gasteiger partial charge in [-0.25, -0.2) is 0 Å². The standard InChI is InChI=1S/C12H15NO2S/c1-9(14)12-7-6-11(16-12)5-3-4-8-13-10(2)15/h3,5-7H,4,8H2,1-2H3,(H,13,15). The number of nitrogens with one attached hydrogen (secondary N) is 1. The maximum atomic E-state index is 11.0. The van der Waals surface area contributed by atoms with Crippen molar-refractivity contribution < 1.29 is 9.59 Å². The summed E-state index contributed by atoms with van der Waals surface area (Å²) in [5.74, 6) is 0.0892. The van der Waals surface area contributed by atoms with E-state index >= 15 is 0 Å². The number of carbonyl (C=O) groups excluding carboxylic acids is 2. The number of hydrogen-bond acceptors (Lipinski definition) is 3. The van der Waals surface area contributed by atoms with Crippen molar-refractivity contribution in [3.05, 3.63) is 28.0 Å². The van der Waals surface area contributed by atoms with Crippen LogP contribution in [-0.2, 0) is 4.79 Å². The first-order valence-electron chi connectivity index (χ1n) is 5.11. The number of rotatable bonds is 5. The minimum Gasteiger partial charge on any atom is -0.356 e. The molecule has 1 amide bonds. The van der Waals surface area contributed by atoms with Crippen molar-refractivity contribution in [1.29, 1.82) is 0 Å². The van der Waals surface area contributed by atoms with Crippen molar-refractivity contribution in [3.63, 3.8) is 0 Å². The van der Waals surface area contributed by atoms with Gasteiger partial charge in [0.15, 0.2) is 5.78 Å². The zero-order chi connectivity index (χ0) is 12.0. The second kappa shape index (κ2) is 6.23. The first-order chi connectivity index (χ1) is 7.59. The van der Waals surface area contributed by atoms with Gasteiger partial charge < -0.3 is 5.32 Å².